The monoisotopic (exact) mass is 178 g/mol. The molecule has 1 saturated carbocycles. The summed E-state index contributed by atoms with van der Waals surface area (Å²) in [5.74, 6) is 0.583. The first-order valence-electron chi connectivity index (χ1n) is 4.53. The topological polar surface area (TPSA) is 77.8 Å². The van der Waals surface area contributed by atoms with Gasteiger partial charge in [0.1, 0.15) is 12.1 Å². The summed E-state index contributed by atoms with van der Waals surface area (Å²) in [6, 6.07) is 0. The Kier molecular flexibility index (Phi) is 1.92. The van der Waals surface area contributed by atoms with E-state index in [0.717, 1.165) is 31.2 Å². The van der Waals surface area contributed by atoms with Crippen molar-refractivity contribution in [2.45, 2.75) is 31.2 Å². The highest BCUT2D eigenvalue weighted by atomic mass is 14.9. The molecule has 1 aromatic heterocycles. The Morgan fingerprint density at radius 1 is 1.46 bits per heavy atom. The Labute approximate surface area is 77.4 Å². The molecule has 0 unspecified atom stereocenters. The minimum Gasteiger partial charge on any atom is -0.383 e. The molecule has 0 atom stereocenters. The van der Waals surface area contributed by atoms with Crippen molar-refractivity contribution in [2.24, 2.45) is 5.73 Å². The Hall–Kier alpha value is -1.16. The maximum atomic E-state index is 5.96. The van der Waals surface area contributed by atoms with Crippen LogP contribution in [0.3, 0.4) is 0 Å². The van der Waals surface area contributed by atoms with Gasteiger partial charge in [-0.15, -0.1) is 0 Å². The lowest BCUT2D eigenvalue weighted by molar-refractivity contribution is 0.608. The van der Waals surface area contributed by atoms with E-state index in [-0.39, 0.29) is 5.54 Å². The van der Waals surface area contributed by atoms with Crippen molar-refractivity contribution in [1.29, 1.82) is 0 Å². The Morgan fingerprint density at radius 2 is 2.23 bits per heavy atom. The van der Waals surface area contributed by atoms with Gasteiger partial charge in [0, 0.05) is 17.3 Å². The number of hydrogen-bond donors (Lipinski definition) is 2. The molecule has 70 valence electrons. The van der Waals surface area contributed by atoms with Crippen molar-refractivity contribution in [3.05, 3.63) is 18.1 Å². The van der Waals surface area contributed by atoms with Crippen LogP contribution in [-0.4, -0.2) is 15.5 Å². The summed E-state index contributed by atoms with van der Waals surface area (Å²) in [4.78, 5) is 7.86. The molecule has 1 fully saturated rings. The lowest BCUT2D eigenvalue weighted by Gasteiger charge is -2.08. The molecule has 13 heavy (non-hydrogen) atoms. The number of hydrogen-bond acceptors (Lipinski definition) is 4. The predicted octanol–water partition coefficient (Wildman–Crippen LogP) is 0.483. The smallest absolute Gasteiger partial charge is 0.129 e. The SMILES string of the molecule is Nc1ncncc1CCC1(N)CC1. The van der Waals surface area contributed by atoms with E-state index in [4.69, 9.17) is 11.5 Å². The van der Waals surface area contributed by atoms with Crippen LogP contribution < -0.4 is 11.5 Å². The van der Waals surface area contributed by atoms with E-state index in [0.29, 0.717) is 5.82 Å². The van der Waals surface area contributed by atoms with Gasteiger partial charge in [0.2, 0.25) is 0 Å². The third-order valence-corrected chi connectivity index (χ3v) is 2.61. The molecule has 0 radical (unpaired) electrons. The molecule has 4 heteroatoms. The van der Waals surface area contributed by atoms with Gasteiger partial charge < -0.3 is 11.5 Å². The normalized spacial score (nSPS) is 18.5. The van der Waals surface area contributed by atoms with E-state index in [1.807, 2.05) is 0 Å². The summed E-state index contributed by atoms with van der Waals surface area (Å²) in [6.07, 6.45) is 7.40. The van der Waals surface area contributed by atoms with Gasteiger partial charge in [-0.3, -0.25) is 0 Å². The molecule has 0 aromatic carbocycles. The summed E-state index contributed by atoms with van der Waals surface area (Å²) in [7, 11) is 0. The van der Waals surface area contributed by atoms with Gasteiger partial charge in [-0.25, -0.2) is 9.97 Å². The number of anilines is 1. The van der Waals surface area contributed by atoms with E-state index in [1.165, 1.54) is 6.33 Å². The van der Waals surface area contributed by atoms with Crippen molar-refractivity contribution < 1.29 is 0 Å². The fourth-order valence-corrected chi connectivity index (χ4v) is 1.35. The Morgan fingerprint density at radius 3 is 2.85 bits per heavy atom. The standard InChI is InChI=1S/C9H14N4/c10-8-7(5-12-6-13-8)1-2-9(11)3-4-9/h5-6H,1-4,11H2,(H2,10,12,13). The lowest BCUT2D eigenvalue weighted by Crippen LogP contribution is -2.22. The maximum absolute atomic E-state index is 5.96. The summed E-state index contributed by atoms with van der Waals surface area (Å²) in [5, 5.41) is 0. The first-order chi connectivity index (χ1) is 6.20. The number of aromatic nitrogens is 2. The number of rotatable bonds is 3. The summed E-state index contributed by atoms with van der Waals surface area (Å²) < 4.78 is 0. The van der Waals surface area contributed by atoms with Crippen molar-refractivity contribution in [3.8, 4) is 0 Å². The fraction of sp³-hybridized carbons (Fsp3) is 0.556. The van der Waals surface area contributed by atoms with Crippen molar-refractivity contribution >= 4 is 5.82 Å². The van der Waals surface area contributed by atoms with Gasteiger partial charge in [-0.05, 0) is 25.7 Å². The van der Waals surface area contributed by atoms with Gasteiger partial charge in [0.05, 0.1) is 0 Å². The molecule has 1 aliphatic rings. The molecule has 0 saturated heterocycles. The minimum atomic E-state index is 0.0856. The quantitative estimate of drug-likeness (QED) is 0.705. The van der Waals surface area contributed by atoms with Gasteiger partial charge in [-0.2, -0.15) is 0 Å². The molecule has 4 nitrogen and oxygen atoms in total. The number of nitrogens with two attached hydrogens (primary N) is 2. The van der Waals surface area contributed by atoms with Crippen LogP contribution in [0.4, 0.5) is 5.82 Å². The largest absolute Gasteiger partial charge is 0.383 e. The Balaban J connectivity index is 1.97. The van der Waals surface area contributed by atoms with Crippen LogP contribution in [0.5, 0.6) is 0 Å². The fourth-order valence-electron chi connectivity index (χ4n) is 1.35. The first kappa shape index (κ1) is 8.44. The zero-order valence-electron chi connectivity index (χ0n) is 7.53. The third-order valence-electron chi connectivity index (χ3n) is 2.61. The van der Waals surface area contributed by atoms with Gasteiger partial charge in [-0.1, -0.05) is 0 Å². The van der Waals surface area contributed by atoms with E-state index >= 15 is 0 Å². The van der Waals surface area contributed by atoms with Crippen molar-refractivity contribution in [2.75, 3.05) is 5.73 Å². The molecular formula is C9H14N4. The summed E-state index contributed by atoms with van der Waals surface area (Å²) in [5.41, 5.74) is 12.7. The molecule has 0 aliphatic heterocycles. The molecule has 1 aromatic rings. The van der Waals surface area contributed by atoms with E-state index < -0.39 is 0 Å². The van der Waals surface area contributed by atoms with E-state index in [1.54, 1.807) is 6.20 Å². The highest BCUT2D eigenvalue weighted by Gasteiger charge is 2.37. The zero-order valence-corrected chi connectivity index (χ0v) is 7.53. The van der Waals surface area contributed by atoms with Gasteiger partial charge in [0.25, 0.3) is 0 Å². The molecule has 0 amide bonds. The molecule has 1 heterocycles. The van der Waals surface area contributed by atoms with Crippen LogP contribution in [0.15, 0.2) is 12.5 Å². The molecule has 0 spiro atoms. The molecule has 2 rings (SSSR count). The zero-order chi connectivity index (χ0) is 9.31. The highest BCUT2D eigenvalue weighted by Crippen LogP contribution is 2.36. The number of aryl methyl sites for hydroxylation is 1. The third kappa shape index (κ3) is 1.95. The number of nitrogens with zero attached hydrogens (tertiary/aromatic N) is 2. The van der Waals surface area contributed by atoms with E-state index in [9.17, 15) is 0 Å². The second kappa shape index (κ2) is 2.96. The lowest BCUT2D eigenvalue weighted by atomic mass is 10.1. The highest BCUT2D eigenvalue weighted by molar-refractivity contribution is 5.36. The van der Waals surface area contributed by atoms with Crippen molar-refractivity contribution in [3.63, 3.8) is 0 Å². The summed E-state index contributed by atoms with van der Waals surface area (Å²) >= 11 is 0. The molecule has 4 N–H and O–H groups in total. The predicted molar refractivity (Wildman–Crippen MR) is 50.9 cm³/mol. The van der Waals surface area contributed by atoms with Crippen LogP contribution in [0.2, 0.25) is 0 Å². The van der Waals surface area contributed by atoms with Crippen molar-refractivity contribution in [1.82, 2.24) is 9.97 Å². The van der Waals surface area contributed by atoms with Crippen LogP contribution in [-0.2, 0) is 6.42 Å². The first-order valence-corrected chi connectivity index (χ1v) is 4.53. The van der Waals surface area contributed by atoms with Crippen LogP contribution in [0.1, 0.15) is 24.8 Å². The number of nitrogen functional groups attached to an aromatic ring is 1. The van der Waals surface area contributed by atoms with Gasteiger partial charge >= 0.3 is 0 Å². The second-order valence-corrected chi connectivity index (χ2v) is 3.80. The average molecular weight is 178 g/mol. The maximum Gasteiger partial charge on any atom is 0.129 e. The Bertz CT molecular complexity index is 306. The van der Waals surface area contributed by atoms with E-state index in [2.05, 4.69) is 9.97 Å². The van der Waals surface area contributed by atoms with Gasteiger partial charge in [0.15, 0.2) is 0 Å². The summed E-state index contributed by atoms with van der Waals surface area (Å²) in [6.45, 7) is 0. The average Bonchev–Trinajstić information content (AvgIpc) is 2.83. The minimum absolute atomic E-state index is 0.0856. The second-order valence-electron chi connectivity index (χ2n) is 3.80. The molecular weight excluding hydrogens is 164 g/mol. The molecule has 0 bridgehead atoms. The van der Waals surface area contributed by atoms with Crippen LogP contribution in [0, 0.1) is 0 Å². The molecule has 1 aliphatic carbocycles. The van der Waals surface area contributed by atoms with Crippen LogP contribution in [0.25, 0.3) is 0 Å². The van der Waals surface area contributed by atoms with Crippen LogP contribution >= 0.6 is 0 Å².